The Labute approximate surface area is 165 Å². The summed E-state index contributed by atoms with van der Waals surface area (Å²) < 4.78 is 7.61. The van der Waals surface area contributed by atoms with Gasteiger partial charge < -0.3 is 15.8 Å². The van der Waals surface area contributed by atoms with Gasteiger partial charge in [-0.25, -0.2) is 0 Å². The molecule has 1 heterocycles. The van der Waals surface area contributed by atoms with Gasteiger partial charge in [0.2, 0.25) is 5.91 Å². The zero-order valence-corrected chi connectivity index (χ0v) is 16.4. The summed E-state index contributed by atoms with van der Waals surface area (Å²) in [5.74, 6) is 3.18. The Kier molecular flexibility index (Phi) is 4.19. The number of ether oxygens (including phenoxy) is 1. The molecule has 0 radical (unpaired) electrons. The maximum Gasteiger partial charge on any atom is 0.224 e. The number of carbonyl (C=O) groups is 1. The second-order valence-electron chi connectivity index (χ2n) is 8.72. The van der Waals surface area contributed by atoms with Crippen molar-refractivity contribution in [1.82, 2.24) is 9.78 Å². The van der Waals surface area contributed by atoms with Crippen molar-refractivity contribution in [2.45, 2.75) is 32.1 Å². The predicted molar refractivity (Wildman–Crippen MR) is 108 cm³/mol. The van der Waals surface area contributed by atoms with Crippen molar-refractivity contribution < 1.29 is 9.53 Å². The number of aryl methyl sites for hydroxylation is 1. The van der Waals surface area contributed by atoms with Crippen molar-refractivity contribution in [3.05, 3.63) is 30.5 Å². The van der Waals surface area contributed by atoms with Crippen LogP contribution < -0.4 is 15.8 Å². The molecule has 6 heteroatoms. The highest BCUT2D eigenvalue weighted by atomic mass is 16.5. The SMILES string of the molecule is Cn1nccc1-c1cc(NC(=O)CC2CC3CCC34CC24)ccc1OCCN. The molecule has 3 saturated carbocycles. The first-order valence-corrected chi connectivity index (χ1v) is 10.4. The van der Waals surface area contributed by atoms with Gasteiger partial charge >= 0.3 is 0 Å². The van der Waals surface area contributed by atoms with E-state index in [9.17, 15) is 4.79 Å². The Hall–Kier alpha value is -2.34. The minimum absolute atomic E-state index is 0.125. The molecule has 3 N–H and O–H groups in total. The number of aromatic nitrogens is 2. The summed E-state index contributed by atoms with van der Waals surface area (Å²) in [5, 5.41) is 7.37. The minimum atomic E-state index is 0.125. The molecule has 3 aliphatic rings. The van der Waals surface area contributed by atoms with Crippen LogP contribution in [0.4, 0.5) is 5.69 Å². The van der Waals surface area contributed by atoms with E-state index in [1.54, 1.807) is 10.9 Å². The first kappa shape index (κ1) is 17.7. The Bertz CT molecular complexity index is 908. The molecule has 1 spiro atoms. The molecule has 0 saturated heterocycles. The van der Waals surface area contributed by atoms with Gasteiger partial charge in [-0.1, -0.05) is 0 Å². The topological polar surface area (TPSA) is 82.2 Å². The van der Waals surface area contributed by atoms with Gasteiger partial charge in [0.25, 0.3) is 0 Å². The van der Waals surface area contributed by atoms with Crippen LogP contribution in [-0.4, -0.2) is 28.8 Å². The van der Waals surface area contributed by atoms with Crippen LogP contribution in [0.1, 0.15) is 32.1 Å². The van der Waals surface area contributed by atoms with Gasteiger partial charge in [-0.2, -0.15) is 5.10 Å². The summed E-state index contributed by atoms with van der Waals surface area (Å²) in [7, 11) is 1.90. The number of hydrogen-bond acceptors (Lipinski definition) is 4. The fourth-order valence-corrected chi connectivity index (χ4v) is 5.76. The number of amides is 1. The molecule has 148 valence electrons. The molecule has 3 fully saturated rings. The van der Waals surface area contributed by atoms with E-state index in [2.05, 4.69) is 10.4 Å². The van der Waals surface area contributed by atoms with E-state index in [1.807, 2.05) is 31.3 Å². The van der Waals surface area contributed by atoms with E-state index in [4.69, 9.17) is 10.5 Å². The van der Waals surface area contributed by atoms with Crippen molar-refractivity contribution in [3.8, 4) is 17.0 Å². The number of benzene rings is 1. The Balaban J connectivity index is 1.31. The van der Waals surface area contributed by atoms with Gasteiger partial charge in [0.1, 0.15) is 12.4 Å². The molecule has 1 aromatic carbocycles. The number of rotatable bonds is 7. The molecule has 0 bridgehead atoms. The number of nitrogens with one attached hydrogen (secondary N) is 1. The molecular weight excluding hydrogens is 352 g/mol. The van der Waals surface area contributed by atoms with Crippen LogP contribution in [0.5, 0.6) is 5.75 Å². The average molecular weight is 380 g/mol. The number of nitrogens with two attached hydrogens (primary N) is 1. The van der Waals surface area contributed by atoms with Crippen LogP contribution in [0.2, 0.25) is 0 Å². The maximum absolute atomic E-state index is 12.7. The predicted octanol–water partition coefficient (Wildman–Crippen LogP) is 3.19. The van der Waals surface area contributed by atoms with Gasteiger partial charge in [0, 0.05) is 37.5 Å². The largest absolute Gasteiger partial charge is 0.492 e. The zero-order valence-electron chi connectivity index (χ0n) is 16.4. The van der Waals surface area contributed by atoms with E-state index in [0.29, 0.717) is 30.9 Å². The molecule has 4 unspecified atom stereocenters. The standard InChI is InChI=1S/C22H28N4O2/c1-26-19(5-8-24-26)17-12-16(2-3-20(17)28-9-7-23)25-21(27)11-14-10-15-4-6-22(15)13-18(14)22/h2-3,5,8,12,14-15,18H,4,6-7,9-11,13,23H2,1H3,(H,25,27). The average Bonchev–Trinajstić information content (AvgIpc) is 3.27. The van der Waals surface area contributed by atoms with Crippen LogP contribution >= 0.6 is 0 Å². The molecule has 0 aliphatic heterocycles. The highest BCUT2D eigenvalue weighted by Crippen LogP contribution is 2.78. The smallest absolute Gasteiger partial charge is 0.224 e. The molecule has 5 rings (SSSR count). The third-order valence-electron chi connectivity index (χ3n) is 7.29. The van der Waals surface area contributed by atoms with Gasteiger partial charge in [0.15, 0.2) is 0 Å². The summed E-state index contributed by atoms with van der Waals surface area (Å²) in [5.41, 5.74) is 8.90. The lowest BCUT2D eigenvalue weighted by Crippen LogP contribution is -2.24. The third-order valence-corrected chi connectivity index (χ3v) is 7.29. The van der Waals surface area contributed by atoms with E-state index < -0.39 is 0 Å². The summed E-state index contributed by atoms with van der Waals surface area (Å²) in [4.78, 5) is 12.7. The van der Waals surface area contributed by atoms with Crippen LogP contribution in [0.15, 0.2) is 30.5 Å². The molecule has 3 aliphatic carbocycles. The van der Waals surface area contributed by atoms with Gasteiger partial charge in [0.05, 0.1) is 5.69 Å². The number of hydrogen-bond donors (Lipinski definition) is 2. The van der Waals surface area contributed by atoms with E-state index in [1.165, 1.54) is 25.7 Å². The van der Waals surface area contributed by atoms with E-state index in [0.717, 1.165) is 34.5 Å². The van der Waals surface area contributed by atoms with Gasteiger partial charge in [-0.3, -0.25) is 9.48 Å². The molecule has 1 aromatic heterocycles. The van der Waals surface area contributed by atoms with Crippen molar-refractivity contribution in [1.29, 1.82) is 0 Å². The lowest BCUT2D eigenvalue weighted by atomic mass is 9.71. The van der Waals surface area contributed by atoms with Crippen molar-refractivity contribution >= 4 is 11.6 Å². The van der Waals surface area contributed by atoms with E-state index >= 15 is 0 Å². The quantitative estimate of drug-likeness (QED) is 0.773. The molecule has 1 amide bonds. The molecule has 6 nitrogen and oxygen atoms in total. The Morgan fingerprint density at radius 2 is 2.32 bits per heavy atom. The van der Waals surface area contributed by atoms with Crippen LogP contribution in [0.25, 0.3) is 11.3 Å². The third kappa shape index (κ3) is 2.82. The molecule has 4 atom stereocenters. The maximum atomic E-state index is 12.7. The fraction of sp³-hybridized carbons (Fsp3) is 0.545. The molecular formula is C22H28N4O2. The summed E-state index contributed by atoms with van der Waals surface area (Å²) >= 11 is 0. The summed E-state index contributed by atoms with van der Waals surface area (Å²) in [6.45, 7) is 0.900. The number of carbonyl (C=O) groups excluding carboxylic acids is 1. The van der Waals surface area contributed by atoms with Crippen LogP contribution in [0, 0.1) is 23.2 Å². The highest BCUT2D eigenvalue weighted by molar-refractivity contribution is 5.92. The molecule has 2 aromatic rings. The number of nitrogens with zero attached hydrogens (tertiary/aromatic N) is 2. The molecule has 28 heavy (non-hydrogen) atoms. The monoisotopic (exact) mass is 380 g/mol. The lowest BCUT2D eigenvalue weighted by Gasteiger charge is -2.34. The Morgan fingerprint density at radius 1 is 1.43 bits per heavy atom. The Morgan fingerprint density at radius 3 is 2.93 bits per heavy atom. The summed E-state index contributed by atoms with van der Waals surface area (Å²) in [6.07, 6.45) is 7.81. The van der Waals surface area contributed by atoms with E-state index in [-0.39, 0.29) is 5.91 Å². The van der Waals surface area contributed by atoms with Crippen molar-refractivity contribution in [3.63, 3.8) is 0 Å². The minimum Gasteiger partial charge on any atom is -0.492 e. The second kappa shape index (κ2) is 6.62. The zero-order chi connectivity index (χ0) is 19.3. The van der Waals surface area contributed by atoms with Crippen molar-refractivity contribution in [2.75, 3.05) is 18.5 Å². The first-order chi connectivity index (χ1) is 13.6. The van der Waals surface area contributed by atoms with Gasteiger partial charge in [-0.15, -0.1) is 0 Å². The normalized spacial score (nSPS) is 29.6. The fourth-order valence-electron chi connectivity index (χ4n) is 5.76. The van der Waals surface area contributed by atoms with Gasteiger partial charge in [-0.05, 0) is 73.1 Å². The first-order valence-electron chi connectivity index (χ1n) is 10.4. The second-order valence-corrected chi connectivity index (χ2v) is 8.72. The summed E-state index contributed by atoms with van der Waals surface area (Å²) in [6, 6.07) is 7.72. The lowest BCUT2D eigenvalue weighted by molar-refractivity contribution is -0.117. The van der Waals surface area contributed by atoms with Crippen LogP contribution in [0.3, 0.4) is 0 Å². The van der Waals surface area contributed by atoms with Crippen molar-refractivity contribution in [2.24, 2.45) is 36.0 Å². The highest BCUT2D eigenvalue weighted by Gasteiger charge is 2.70. The number of anilines is 1. The van der Waals surface area contributed by atoms with Crippen LogP contribution in [-0.2, 0) is 11.8 Å².